The van der Waals surface area contributed by atoms with Crippen LogP contribution in [0.3, 0.4) is 0 Å². The lowest BCUT2D eigenvalue weighted by Crippen LogP contribution is -2.57. The topological polar surface area (TPSA) is 92.5 Å². The van der Waals surface area contributed by atoms with Crippen molar-refractivity contribution < 1.29 is 14.4 Å². The minimum atomic E-state index is -0.920. The van der Waals surface area contributed by atoms with Crippen molar-refractivity contribution in [3.8, 4) is 0 Å². The van der Waals surface area contributed by atoms with Gasteiger partial charge >= 0.3 is 0 Å². The summed E-state index contributed by atoms with van der Waals surface area (Å²) >= 11 is 12.5. The van der Waals surface area contributed by atoms with Crippen molar-refractivity contribution in [2.45, 2.75) is 50.6 Å². The third-order valence-corrected chi connectivity index (χ3v) is 6.80. The minimum absolute atomic E-state index is 0.0728. The van der Waals surface area contributed by atoms with Gasteiger partial charge in [-0.3, -0.25) is 15.0 Å². The summed E-state index contributed by atoms with van der Waals surface area (Å²) in [5.74, 6) is 4.22. The molecular weight excluding hydrogens is 473 g/mol. The van der Waals surface area contributed by atoms with E-state index in [1.807, 2.05) is 30.3 Å². The van der Waals surface area contributed by atoms with Gasteiger partial charge < -0.3 is 9.69 Å². The average Bonchev–Trinajstić information content (AvgIpc) is 2.81. The van der Waals surface area contributed by atoms with Gasteiger partial charge in [0.05, 0.1) is 6.04 Å². The first kappa shape index (κ1) is 25.9. The largest absolute Gasteiger partial charge is 0.323 e. The van der Waals surface area contributed by atoms with E-state index in [9.17, 15) is 14.4 Å². The fraction of sp³-hybridized carbons (Fsp3) is 0.346. The lowest BCUT2D eigenvalue weighted by molar-refractivity contribution is -0.152. The number of halogens is 2. The molecule has 8 heteroatoms. The fourth-order valence-corrected chi connectivity index (χ4v) is 5.09. The molecule has 2 amide bonds. The molecule has 6 nitrogen and oxygen atoms in total. The Kier molecular flexibility index (Phi) is 8.89. The molecular formula is C26H29Cl2N3O3. The molecule has 1 saturated heterocycles. The number of benzene rings is 2. The number of allylic oxidation sites excluding steroid dienone is 1. The number of hydrogen-bond donors (Lipinski definition) is 2. The highest BCUT2D eigenvalue weighted by Gasteiger charge is 2.47. The van der Waals surface area contributed by atoms with Gasteiger partial charge in [-0.1, -0.05) is 53.5 Å². The predicted molar refractivity (Wildman–Crippen MR) is 134 cm³/mol. The molecule has 3 N–H and O–H groups in total. The maximum atomic E-state index is 13.8. The predicted octanol–water partition coefficient (Wildman–Crippen LogP) is 4.97. The highest BCUT2D eigenvalue weighted by molar-refractivity contribution is 6.30. The zero-order valence-electron chi connectivity index (χ0n) is 19.0. The van der Waals surface area contributed by atoms with Gasteiger partial charge in [0.25, 0.3) is 5.91 Å². The molecule has 1 heterocycles. The van der Waals surface area contributed by atoms with E-state index in [1.165, 1.54) is 6.92 Å². The first-order valence-corrected chi connectivity index (χ1v) is 12.0. The van der Waals surface area contributed by atoms with E-state index in [2.05, 4.69) is 12.0 Å². The molecule has 0 bridgehead atoms. The number of rotatable bonds is 9. The van der Waals surface area contributed by atoms with Crippen LogP contribution in [0.4, 0.5) is 0 Å². The van der Waals surface area contributed by atoms with Gasteiger partial charge in [0, 0.05) is 28.3 Å². The van der Waals surface area contributed by atoms with E-state index in [-0.39, 0.29) is 36.4 Å². The summed E-state index contributed by atoms with van der Waals surface area (Å²) in [6.45, 7) is 5.28. The SMILES string of the molecule is C=CC[C@H]1C[C@H](c2cccc(Cl)c2)[C@@H](c2ccc(Cl)cc2)N(C(CCC(C)=O)C(=O)NN)C1=O. The summed E-state index contributed by atoms with van der Waals surface area (Å²) in [6, 6.07) is 13.4. The van der Waals surface area contributed by atoms with Crippen LogP contribution in [0.15, 0.2) is 61.2 Å². The molecule has 1 fully saturated rings. The first-order chi connectivity index (χ1) is 16.3. The summed E-state index contributed by atoms with van der Waals surface area (Å²) in [5.41, 5.74) is 3.98. The monoisotopic (exact) mass is 501 g/mol. The molecule has 0 spiro atoms. The Labute approximate surface area is 210 Å². The lowest BCUT2D eigenvalue weighted by atomic mass is 9.74. The van der Waals surface area contributed by atoms with Crippen molar-refractivity contribution in [3.63, 3.8) is 0 Å². The average molecular weight is 502 g/mol. The number of piperidine rings is 1. The number of carbonyl (C=O) groups excluding carboxylic acids is 3. The summed E-state index contributed by atoms with van der Waals surface area (Å²) < 4.78 is 0. The highest BCUT2D eigenvalue weighted by Crippen LogP contribution is 2.47. The molecule has 0 aromatic heterocycles. The molecule has 3 rings (SSSR count). The molecule has 1 aliphatic rings. The van der Waals surface area contributed by atoms with Crippen molar-refractivity contribution in [3.05, 3.63) is 82.4 Å². The van der Waals surface area contributed by atoms with Crippen molar-refractivity contribution in [1.82, 2.24) is 10.3 Å². The zero-order valence-corrected chi connectivity index (χ0v) is 20.6. The number of Topliss-reactive ketones (excluding diaryl/α,β-unsaturated/α-hetero) is 1. The van der Waals surface area contributed by atoms with Crippen LogP contribution < -0.4 is 11.3 Å². The number of hydrazine groups is 1. The van der Waals surface area contributed by atoms with Crippen LogP contribution in [-0.2, 0) is 14.4 Å². The standard InChI is InChI=1S/C26H29Cl2N3O3/c1-3-5-19-15-22(18-6-4-7-21(28)14-18)24(17-9-11-20(27)12-10-17)31(26(19)34)23(25(33)30-29)13-8-16(2)32/h3-4,6-7,9-12,14,19,22-24H,1,5,8,13,15,29H2,2H3,(H,30,33)/t19-,22+,23?,24+/m0/s1. The van der Waals surface area contributed by atoms with Gasteiger partial charge in [0.2, 0.25) is 5.91 Å². The number of hydrogen-bond acceptors (Lipinski definition) is 4. The molecule has 4 atom stereocenters. The summed E-state index contributed by atoms with van der Waals surface area (Å²) in [5, 5.41) is 1.15. The molecule has 34 heavy (non-hydrogen) atoms. The number of amides is 2. The van der Waals surface area contributed by atoms with Gasteiger partial charge in [-0.25, -0.2) is 5.84 Å². The summed E-state index contributed by atoms with van der Waals surface area (Å²) in [6.07, 6.45) is 3.04. The third kappa shape index (κ3) is 5.87. The Morgan fingerprint density at radius 1 is 1.18 bits per heavy atom. The molecule has 2 aromatic rings. The van der Waals surface area contributed by atoms with Crippen LogP contribution >= 0.6 is 23.2 Å². The van der Waals surface area contributed by atoms with Gasteiger partial charge in [0.1, 0.15) is 11.8 Å². The van der Waals surface area contributed by atoms with Crippen LogP contribution in [0.2, 0.25) is 10.0 Å². The van der Waals surface area contributed by atoms with Crippen LogP contribution in [0.1, 0.15) is 55.7 Å². The number of nitrogens with zero attached hydrogens (tertiary/aromatic N) is 1. The van der Waals surface area contributed by atoms with Crippen molar-refractivity contribution >= 4 is 40.8 Å². The van der Waals surface area contributed by atoms with Gasteiger partial charge in [-0.15, -0.1) is 6.58 Å². The summed E-state index contributed by atoms with van der Waals surface area (Å²) in [7, 11) is 0. The zero-order chi connectivity index (χ0) is 24.8. The van der Waals surface area contributed by atoms with Crippen LogP contribution in [0.5, 0.6) is 0 Å². The molecule has 0 aliphatic carbocycles. The van der Waals surface area contributed by atoms with Gasteiger partial charge in [-0.05, 0) is 61.6 Å². The molecule has 0 radical (unpaired) electrons. The normalized spacial score (nSPS) is 21.1. The lowest BCUT2D eigenvalue weighted by Gasteiger charge is -2.48. The van der Waals surface area contributed by atoms with E-state index < -0.39 is 18.0 Å². The quantitative estimate of drug-likeness (QED) is 0.219. The van der Waals surface area contributed by atoms with Crippen LogP contribution in [0, 0.1) is 5.92 Å². The fourth-order valence-electron chi connectivity index (χ4n) is 4.76. The molecule has 180 valence electrons. The highest BCUT2D eigenvalue weighted by atomic mass is 35.5. The number of nitrogens with one attached hydrogen (secondary N) is 1. The van der Waals surface area contributed by atoms with E-state index in [0.29, 0.717) is 22.9 Å². The van der Waals surface area contributed by atoms with Crippen LogP contribution in [-0.4, -0.2) is 28.5 Å². The molecule has 1 aliphatic heterocycles. The number of carbonyl (C=O) groups is 3. The van der Waals surface area contributed by atoms with E-state index in [1.54, 1.807) is 29.2 Å². The Morgan fingerprint density at radius 2 is 1.88 bits per heavy atom. The second-order valence-corrected chi connectivity index (χ2v) is 9.50. The first-order valence-electron chi connectivity index (χ1n) is 11.2. The van der Waals surface area contributed by atoms with E-state index in [0.717, 1.165) is 11.1 Å². The van der Waals surface area contributed by atoms with Crippen LogP contribution in [0.25, 0.3) is 0 Å². The maximum Gasteiger partial charge on any atom is 0.256 e. The minimum Gasteiger partial charge on any atom is -0.323 e. The van der Waals surface area contributed by atoms with E-state index >= 15 is 0 Å². The Morgan fingerprint density at radius 3 is 2.47 bits per heavy atom. The van der Waals surface area contributed by atoms with Gasteiger partial charge in [-0.2, -0.15) is 0 Å². The number of likely N-dealkylation sites (tertiary alicyclic amines) is 1. The summed E-state index contributed by atoms with van der Waals surface area (Å²) in [4.78, 5) is 40.2. The second-order valence-electron chi connectivity index (χ2n) is 8.63. The van der Waals surface area contributed by atoms with E-state index in [4.69, 9.17) is 29.0 Å². The van der Waals surface area contributed by atoms with Crippen molar-refractivity contribution in [2.24, 2.45) is 11.8 Å². The van der Waals surface area contributed by atoms with Crippen molar-refractivity contribution in [1.29, 1.82) is 0 Å². The number of ketones is 1. The number of nitrogens with two attached hydrogens (primary N) is 1. The second kappa shape index (κ2) is 11.6. The van der Waals surface area contributed by atoms with Crippen molar-refractivity contribution in [2.75, 3.05) is 0 Å². The Hall–Kier alpha value is -2.67. The smallest absolute Gasteiger partial charge is 0.256 e. The Balaban J connectivity index is 2.20. The Bertz CT molecular complexity index is 1060. The molecule has 2 aromatic carbocycles. The van der Waals surface area contributed by atoms with Gasteiger partial charge in [0.15, 0.2) is 0 Å². The molecule has 0 saturated carbocycles. The molecule has 1 unspecified atom stereocenters. The maximum absolute atomic E-state index is 13.8. The third-order valence-electron chi connectivity index (χ3n) is 6.31.